The third-order valence-electron chi connectivity index (χ3n) is 2.84. The van der Waals surface area contributed by atoms with Gasteiger partial charge in [-0.15, -0.1) is 0 Å². The summed E-state index contributed by atoms with van der Waals surface area (Å²) in [5.41, 5.74) is 3.40. The normalized spacial score (nSPS) is 11.1. The molecule has 0 atom stereocenters. The van der Waals surface area contributed by atoms with Gasteiger partial charge in [0.1, 0.15) is 5.78 Å². The van der Waals surface area contributed by atoms with Crippen molar-refractivity contribution in [1.82, 2.24) is 9.97 Å². The number of fused-ring (bicyclic) bond motifs is 1. The maximum Gasteiger partial charge on any atom is 0.139 e. The highest BCUT2D eigenvalue weighted by atomic mass is 16.1. The molecule has 2 aromatic rings. The second-order valence-electron chi connectivity index (χ2n) is 5.06. The number of hydrogen-bond acceptors (Lipinski definition) is 3. The molecule has 1 heterocycles. The molecule has 0 saturated heterocycles. The summed E-state index contributed by atoms with van der Waals surface area (Å²) in [5.74, 6) is 0.629. The number of carbonyl (C=O) groups excluding carboxylic acids is 1. The molecule has 0 unspecified atom stereocenters. The molecule has 0 spiro atoms. The number of para-hydroxylation sites is 2. The summed E-state index contributed by atoms with van der Waals surface area (Å²) < 4.78 is 0. The van der Waals surface area contributed by atoms with E-state index in [1.807, 2.05) is 31.2 Å². The number of ketones is 1. The molecule has 18 heavy (non-hydrogen) atoms. The van der Waals surface area contributed by atoms with E-state index in [0.717, 1.165) is 22.4 Å². The van der Waals surface area contributed by atoms with E-state index in [1.165, 1.54) is 0 Å². The van der Waals surface area contributed by atoms with Crippen molar-refractivity contribution in [2.24, 2.45) is 5.92 Å². The van der Waals surface area contributed by atoms with Crippen LogP contribution in [0.15, 0.2) is 24.3 Å². The van der Waals surface area contributed by atoms with Crippen LogP contribution in [0.4, 0.5) is 0 Å². The molecule has 0 aliphatic carbocycles. The largest absolute Gasteiger partial charge is 0.299 e. The summed E-state index contributed by atoms with van der Waals surface area (Å²) >= 11 is 0. The number of hydrogen-bond donors (Lipinski definition) is 0. The van der Waals surface area contributed by atoms with Crippen molar-refractivity contribution >= 4 is 16.8 Å². The lowest BCUT2D eigenvalue weighted by molar-refractivity contribution is -0.119. The molecule has 3 nitrogen and oxygen atoms in total. The third kappa shape index (κ3) is 2.92. The fraction of sp³-hybridized carbons (Fsp3) is 0.400. The zero-order chi connectivity index (χ0) is 13.1. The van der Waals surface area contributed by atoms with Crippen molar-refractivity contribution in [2.75, 3.05) is 0 Å². The molecular weight excluding hydrogens is 224 g/mol. The summed E-state index contributed by atoms with van der Waals surface area (Å²) in [4.78, 5) is 20.9. The van der Waals surface area contributed by atoms with E-state index in [9.17, 15) is 4.79 Å². The molecular formula is C15H18N2O. The molecule has 94 valence electrons. The molecule has 0 fully saturated rings. The van der Waals surface area contributed by atoms with E-state index >= 15 is 0 Å². The van der Waals surface area contributed by atoms with Gasteiger partial charge in [0.2, 0.25) is 0 Å². The van der Waals surface area contributed by atoms with Gasteiger partial charge in [-0.2, -0.15) is 0 Å². The van der Waals surface area contributed by atoms with Gasteiger partial charge in [0.25, 0.3) is 0 Å². The maximum absolute atomic E-state index is 11.8. The molecule has 0 N–H and O–H groups in total. The standard InChI is InChI=1S/C15H18N2O/c1-10(2)8-12(18)9-15-11(3)16-13-6-4-5-7-14(13)17-15/h4-7,10H,8-9H2,1-3H3. The topological polar surface area (TPSA) is 42.9 Å². The minimum atomic E-state index is 0.234. The molecule has 1 aromatic carbocycles. The molecule has 2 rings (SSSR count). The zero-order valence-corrected chi connectivity index (χ0v) is 11.1. The summed E-state index contributed by atoms with van der Waals surface area (Å²) in [6, 6.07) is 7.75. The van der Waals surface area contributed by atoms with Gasteiger partial charge in [0.15, 0.2) is 0 Å². The van der Waals surface area contributed by atoms with Gasteiger partial charge >= 0.3 is 0 Å². The second kappa shape index (κ2) is 5.25. The van der Waals surface area contributed by atoms with E-state index < -0.39 is 0 Å². The number of rotatable bonds is 4. The van der Waals surface area contributed by atoms with E-state index in [-0.39, 0.29) is 5.78 Å². The molecule has 3 heteroatoms. The first kappa shape index (κ1) is 12.7. The number of nitrogens with zero attached hydrogens (tertiary/aromatic N) is 2. The van der Waals surface area contributed by atoms with Crippen LogP contribution in [-0.2, 0) is 11.2 Å². The van der Waals surface area contributed by atoms with E-state index in [2.05, 4.69) is 23.8 Å². The SMILES string of the molecule is Cc1nc2ccccc2nc1CC(=O)CC(C)C. The average Bonchev–Trinajstić information content (AvgIpc) is 2.29. The number of carbonyl (C=O) groups is 1. The first-order chi connectivity index (χ1) is 8.56. The Morgan fingerprint density at radius 1 is 1.17 bits per heavy atom. The molecule has 0 aliphatic rings. The lowest BCUT2D eigenvalue weighted by Crippen LogP contribution is -2.10. The fourth-order valence-corrected chi connectivity index (χ4v) is 2.01. The van der Waals surface area contributed by atoms with Crippen LogP contribution in [0.1, 0.15) is 31.7 Å². The Kier molecular flexibility index (Phi) is 3.70. The van der Waals surface area contributed by atoms with Crippen LogP contribution in [-0.4, -0.2) is 15.8 Å². The molecule has 0 saturated carbocycles. The van der Waals surface area contributed by atoms with Gasteiger partial charge in [-0.1, -0.05) is 26.0 Å². The zero-order valence-electron chi connectivity index (χ0n) is 11.1. The number of benzene rings is 1. The van der Waals surface area contributed by atoms with Crippen molar-refractivity contribution in [3.05, 3.63) is 35.7 Å². The predicted octanol–water partition coefficient (Wildman–Crippen LogP) is 3.10. The van der Waals surface area contributed by atoms with Gasteiger partial charge in [-0.3, -0.25) is 4.79 Å². The minimum absolute atomic E-state index is 0.234. The Hall–Kier alpha value is -1.77. The van der Waals surface area contributed by atoms with Crippen molar-refractivity contribution < 1.29 is 4.79 Å². The van der Waals surface area contributed by atoms with E-state index in [0.29, 0.717) is 18.8 Å². The van der Waals surface area contributed by atoms with E-state index in [4.69, 9.17) is 0 Å². The number of aromatic nitrogens is 2. The number of Topliss-reactive ketones (excluding diaryl/α,β-unsaturated/α-hetero) is 1. The Labute approximate surface area is 107 Å². The first-order valence-corrected chi connectivity index (χ1v) is 6.30. The summed E-state index contributed by atoms with van der Waals surface area (Å²) in [6.45, 7) is 6.02. The molecule has 0 bridgehead atoms. The maximum atomic E-state index is 11.8. The molecule has 0 amide bonds. The minimum Gasteiger partial charge on any atom is -0.299 e. The van der Waals surface area contributed by atoms with Crippen LogP contribution < -0.4 is 0 Å². The predicted molar refractivity (Wildman–Crippen MR) is 72.4 cm³/mol. The van der Waals surface area contributed by atoms with Crippen LogP contribution in [0.3, 0.4) is 0 Å². The van der Waals surface area contributed by atoms with Crippen molar-refractivity contribution in [1.29, 1.82) is 0 Å². The summed E-state index contributed by atoms with van der Waals surface area (Å²) in [5, 5.41) is 0. The monoisotopic (exact) mass is 242 g/mol. The van der Waals surface area contributed by atoms with E-state index in [1.54, 1.807) is 0 Å². The van der Waals surface area contributed by atoms with Gasteiger partial charge in [0.05, 0.1) is 28.8 Å². The molecule has 0 aliphatic heterocycles. The first-order valence-electron chi connectivity index (χ1n) is 6.30. The van der Waals surface area contributed by atoms with Crippen LogP contribution in [0.2, 0.25) is 0 Å². The van der Waals surface area contributed by atoms with Gasteiger partial charge < -0.3 is 0 Å². The lowest BCUT2D eigenvalue weighted by Gasteiger charge is -2.07. The highest BCUT2D eigenvalue weighted by molar-refractivity contribution is 5.82. The van der Waals surface area contributed by atoms with Crippen molar-refractivity contribution in [2.45, 2.75) is 33.6 Å². The lowest BCUT2D eigenvalue weighted by atomic mass is 10.0. The Bertz CT molecular complexity index is 576. The average molecular weight is 242 g/mol. The van der Waals surface area contributed by atoms with Crippen LogP contribution >= 0.6 is 0 Å². The van der Waals surface area contributed by atoms with Gasteiger partial charge in [-0.25, -0.2) is 9.97 Å². The molecule has 1 aromatic heterocycles. The van der Waals surface area contributed by atoms with Gasteiger partial charge in [-0.05, 0) is 25.0 Å². The Morgan fingerprint density at radius 2 is 1.78 bits per heavy atom. The van der Waals surface area contributed by atoms with Gasteiger partial charge in [0, 0.05) is 6.42 Å². The summed E-state index contributed by atoms with van der Waals surface area (Å²) in [7, 11) is 0. The Morgan fingerprint density at radius 3 is 2.39 bits per heavy atom. The highest BCUT2D eigenvalue weighted by Crippen LogP contribution is 2.14. The third-order valence-corrected chi connectivity index (χ3v) is 2.84. The van der Waals surface area contributed by atoms with Crippen molar-refractivity contribution in [3.63, 3.8) is 0 Å². The number of aryl methyl sites for hydroxylation is 1. The second-order valence-corrected chi connectivity index (χ2v) is 5.06. The van der Waals surface area contributed by atoms with Crippen LogP contribution in [0.25, 0.3) is 11.0 Å². The quantitative estimate of drug-likeness (QED) is 0.827. The Balaban J connectivity index is 2.28. The molecule has 0 radical (unpaired) electrons. The van der Waals surface area contributed by atoms with Crippen molar-refractivity contribution in [3.8, 4) is 0 Å². The highest BCUT2D eigenvalue weighted by Gasteiger charge is 2.11. The smallest absolute Gasteiger partial charge is 0.139 e. The van der Waals surface area contributed by atoms with Crippen LogP contribution in [0.5, 0.6) is 0 Å². The van der Waals surface area contributed by atoms with Crippen LogP contribution in [0, 0.1) is 12.8 Å². The fourth-order valence-electron chi connectivity index (χ4n) is 2.01. The summed E-state index contributed by atoms with van der Waals surface area (Å²) in [6.07, 6.45) is 0.996.